The first-order valence-corrected chi connectivity index (χ1v) is 8.26. The molecular formula is C12H16N2O3S2. The number of hydrogen-bond donors (Lipinski definition) is 0. The lowest BCUT2D eigenvalue weighted by Crippen LogP contribution is -2.08. The van der Waals surface area contributed by atoms with Crippen molar-refractivity contribution in [1.29, 1.82) is 0 Å². The normalized spacial score (nSPS) is 12.8. The minimum absolute atomic E-state index is 0.103. The van der Waals surface area contributed by atoms with Gasteiger partial charge in [-0.1, -0.05) is 25.9 Å². The summed E-state index contributed by atoms with van der Waals surface area (Å²) in [7, 11) is -3.47. The Morgan fingerprint density at radius 2 is 2.05 bits per heavy atom. The summed E-state index contributed by atoms with van der Waals surface area (Å²) in [5.74, 6) is 0.135. The van der Waals surface area contributed by atoms with E-state index >= 15 is 0 Å². The summed E-state index contributed by atoms with van der Waals surface area (Å²) in [4.78, 5) is 4.97. The molecule has 0 spiro atoms. The number of aromatic nitrogens is 2. The van der Waals surface area contributed by atoms with Crippen LogP contribution in [-0.4, -0.2) is 18.6 Å². The lowest BCUT2D eigenvalue weighted by Gasteiger charge is -2.14. The van der Waals surface area contributed by atoms with Crippen LogP contribution in [0.15, 0.2) is 21.1 Å². The van der Waals surface area contributed by atoms with Crippen molar-refractivity contribution in [3.8, 4) is 0 Å². The van der Waals surface area contributed by atoms with Crippen molar-refractivity contribution in [3.63, 3.8) is 0 Å². The largest absolute Gasteiger partial charge is 0.360 e. The Kier molecular flexibility index (Phi) is 3.53. The lowest BCUT2D eigenvalue weighted by atomic mass is 9.96. The van der Waals surface area contributed by atoms with Crippen LogP contribution in [0.4, 0.5) is 0 Å². The number of sulfone groups is 1. The Bertz CT molecular complexity index is 678. The molecule has 0 atom stereocenters. The third-order valence-corrected chi connectivity index (χ3v) is 6.03. The molecule has 0 unspecified atom stereocenters. The number of nitrogens with zero attached hydrogens (tertiary/aromatic N) is 2. The Morgan fingerprint density at radius 3 is 2.53 bits per heavy atom. The molecule has 0 aliphatic heterocycles. The van der Waals surface area contributed by atoms with Crippen molar-refractivity contribution in [2.24, 2.45) is 0 Å². The topological polar surface area (TPSA) is 73.1 Å². The van der Waals surface area contributed by atoms with Gasteiger partial charge in [0.15, 0.2) is 5.76 Å². The molecule has 0 fully saturated rings. The highest BCUT2D eigenvalue weighted by Crippen LogP contribution is 2.30. The molecule has 19 heavy (non-hydrogen) atoms. The summed E-state index contributed by atoms with van der Waals surface area (Å²) in [6.45, 7) is 7.82. The fourth-order valence-electron chi connectivity index (χ4n) is 1.48. The van der Waals surface area contributed by atoms with Crippen LogP contribution in [0.2, 0.25) is 0 Å². The van der Waals surface area contributed by atoms with Gasteiger partial charge < -0.3 is 4.52 Å². The third-order valence-electron chi connectivity index (χ3n) is 2.50. The predicted octanol–water partition coefficient (Wildman–Crippen LogP) is 2.71. The molecule has 104 valence electrons. The van der Waals surface area contributed by atoms with E-state index in [0.29, 0.717) is 11.5 Å². The lowest BCUT2D eigenvalue weighted by molar-refractivity contribution is 0.388. The Hall–Kier alpha value is -1.21. The van der Waals surface area contributed by atoms with Crippen molar-refractivity contribution in [3.05, 3.63) is 28.6 Å². The summed E-state index contributed by atoms with van der Waals surface area (Å²) < 4.78 is 29.5. The Labute approximate surface area is 116 Å². The van der Waals surface area contributed by atoms with Gasteiger partial charge in [-0.2, -0.15) is 0 Å². The highest BCUT2D eigenvalue weighted by atomic mass is 32.2. The summed E-state index contributed by atoms with van der Waals surface area (Å²) in [5.41, 5.74) is 0.563. The van der Waals surface area contributed by atoms with Crippen molar-refractivity contribution >= 4 is 21.2 Å². The van der Waals surface area contributed by atoms with Crippen LogP contribution in [0.1, 0.15) is 37.1 Å². The Morgan fingerprint density at radius 1 is 1.37 bits per heavy atom. The van der Waals surface area contributed by atoms with Gasteiger partial charge in [0, 0.05) is 17.1 Å². The van der Waals surface area contributed by atoms with Crippen molar-refractivity contribution < 1.29 is 12.9 Å². The molecular weight excluding hydrogens is 284 g/mol. The van der Waals surface area contributed by atoms with Crippen LogP contribution in [-0.2, 0) is 21.0 Å². The van der Waals surface area contributed by atoms with Crippen molar-refractivity contribution in [1.82, 2.24) is 10.1 Å². The van der Waals surface area contributed by atoms with E-state index in [-0.39, 0.29) is 15.5 Å². The monoisotopic (exact) mass is 300 g/mol. The molecule has 5 nitrogen and oxygen atoms in total. The molecule has 7 heteroatoms. The van der Waals surface area contributed by atoms with Crippen LogP contribution < -0.4 is 0 Å². The molecule has 2 aromatic heterocycles. The second kappa shape index (κ2) is 4.72. The average Bonchev–Trinajstić information content (AvgIpc) is 2.85. The molecule has 0 N–H and O–H groups in total. The zero-order valence-electron chi connectivity index (χ0n) is 11.3. The smallest absolute Gasteiger partial charge is 0.212 e. The van der Waals surface area contributed by atoms with E-state index < -0.39 is 9.84 Å². The van der Waals surface area contributed by atoms with Crippen LogP contribution in [0.3, 0.4) is 0 Å². The van der Waals surface area contributed by atoms with Crippen LogP contribution in [0.5, 0.6) is 0 Å². The van der Waals surface area contributed by atoms with Gasteiger partial charge in [0.05, 0.1) is 5.69 Å². The Balaban J connectivity index is 2.27. The van der Waals surface area contributed by atoms with E-state index in [1.807, 2.05) is 20.8 Å². The van der Waals surface area contributed by atoms with Gasteiger partial charge >= 0.3 is 0 Å². The maximum atomic E-state index is 12.2. The fourth-order valence-corrected chi connectivity index (χ4v) is 3.99. The maximum absolute atomic E-state index is 12.2. The SMILES string of the molecule is Cc1cc(CS(=O)(=O)c2ncc(C(C)(C)C)s2)on1. The average molecular weight is 300 g/mol. The number of thiazole rings is 1. The predicted molar refractivity (Wildman–Crippen MR) is 72.9 cm³/mol. The van der Waals surface area contributed by atoms with E-state index in [2.05, 4.69) is 10.1 Å². The summed E-state index contributed by atoms with van der Waals surface area (Å²) in [6.07, 6.45) is 1.63. The molecule has 0 radical (unpaired) electrons. The van der Waals surface area contributed by atoms with Gasteiger partial charge in [0.2, 0.25) is 14.2 Å². The first-order chi connectivity index (χ1) is 8.68. The highest BCUT2D eigenvalue weighted by molar-refractivity contribution is 7.92. The van der Waals surface area contributed by atoms with E-state index in [1.54, 1.807) is 19.2 Å². The first kappa shape index (κ1) is 14.2. The molecule has 0 aliphatic rings. The number of rotatable bonds is 3. The molecule has 0 bridgehead atoms. The van der Waals surface area contributed by atoms with Gasteiger partial charge in [0.1, 0.15) is 5.75 Å². The molecule has 2 aromatic rings. The zero-order chi connectivity index (χ0) is 14.3. The minimum atomic E-state index is -3.47. The van der Waals surface area contributed by atoms with Gasteiger partial charge in [-0.05, 0) is 12.3 Å². The summed E-state index contributed by atoms with van der Waals surface area (Å²) in [5, 5.41) is 3.68. The second-order valence-electron chi connectivity index (χ2n) is 5.43. The van der Waals surface area contributed by atoms with Gasteiger partial charge in [0.25, 0.3) is 0 Å². The highest BCUT2D eigenvalue weighted by Gasteiger charge is 2.25. The van der Waals surface area contributed by atoms with Gasteiger partial charge in [-0.15, -0.1) is 11.3 Å². The summed E-state index contributed by atoms with van der Waals surface area (Å²) in [6, 6.07) is 1.62. The van der Waals surface area contributed by atoms with Crippen LogP contribution in [0.25, 0.3) is 0 Å². The maximum Gasteiger partial charge on any atom is 0.212 e. The van der Waals surface area contributed by atoms with E-state index in [1.165, 1.54) is 11.3 Å². The van der Waals surface area contributed by atoms with Gasteiger partial charge in [-0.3, -0.25) is 0 Å². The molecule has 2 heterocycles. The number of aryl methyl sites for hydroxylation is 1. The molecule has 0 aromatic carbocycles. The quantitative estimate of drug-likeness (QED) is 0.871. The number of hydrogen-bond acceptors (Lipinski definition) is 6. The van der Waals surface area contributed by atoms with E-state index in [0.717, 1.165) is 4.88 Å². The third kappa shape index (κ3) is 3.22. The standard InChI is InChI=1S/C12H16N2O3S2/c1-8-5-9(17-14-8)7-19(15,16)11-13-6-10(18-11)12(2,3)4/h5-6H,7H2,1-4H3. The van der Waals surface area contributed by atoms with E-state index in [9.17, 15) is 8.42 Å². The molecule has 0 amide bonds. The molecule has 0 saturated heterocycles. The summed E-state index contributed by atoms with van der Waals surface area (Å²) >= 11 is 1.21. The van der Waals surface area contributed by atoms with Crippen LogP contribution in [0, 0.1) is 6.92 Å². The van der Waals surface area contributed by atoms with E-state index in [4.69, 9.17) is 4.52 Å². The zero-order valence-corrected chi connectivity index (χ0v) is 12.9. The first-order valence-electron chi connectivity index (χ1n) is 5.80. The molecule has 0 aliphatic carbocycles. The van der Waals surface area contributed by atoms with Crippen molar-refractivity contribution in [2.75, 3.05) is 0 Å². The minimum Gasteiger partial charge on any atom is -0.360 e. The molecule has 2 rings (SSSR count). The fraction of sp³-hybridized carbons (Fsp3) is 0.500. The van der Waals surface area contributed by atoms with Crippen LogP contribution >= 0.6 is 11.3 Å². The molecule has 0 saturated carbocycles. The van der Waals surface area contributed by atoms with Gasteiger partial charge in [-0.25, -0.2) is 13.4 Å². The van der Waals surface area contributed by atoms with Crippen molar-refractivity contribution in [2.45, 2.75) is 43.2 Å². The second-order valence-corrected chi connectivity index (χ2v) is 8.63.